The fourth-order valence-corrected chi connectivity index (χ4v) is 6.35. The minimum absolute atomic E-state index is 0.0456. The fourth-order valence-electron chi connectivity index (χ4n) is 4.91. The lowest BCUT2D eigenvalue weighted by atomic mass is 9.64. The van der Waals surface area contributed by atoms with Gasteiger partial charge in [-0.25, -0.2) is 8.42 Å². The Bertz CT molecular complexity index is 1180. The molecule has 1 spiro atoms. The van der Waals surface area contributed by atoms with Gasteiger partial charge in [-0.1, -0.05) is 53.6 Å². The first kappa shape index (κ1) is 18.5. The molecule has 1 saturated carbocycles. The van der Waals surface area contributed by atoms with Crippen molar-refractivity contribution in [3.63, 3.8) is 0 Å². The third-order valence-corrected chi connectivity index (χ3v) is 8.21. The molecular weight excluding hydrogens is 382 g/mol. The number of rotatable bonds is 4. The molecule has 5 rings (SSSR count). The second-order valence-corrected chi connectivity index (χ2v) is 10.3. The van der Waals surface area contributed by atoms with Gasteiger partial charge in [0, 0.05) is 29.6 Å². The Kier molecular flexibility index (Phi) is 3.99. The number of allylic oxidation sites excluding steroid dienone is 1. The van der Waals surface area contributed by atoms with Crippen molar-refractivity contribution in [3.8, 4) is 0 Å². The number of carbonyl (C=O) groups excluding carboxylic acids is 1. The van der Waals surface area contributed by atoms with E-state index in [-0.39, 0.29) is 17.7 Å². The van der Waals surface area contributed by atoms with E-state index in [2.05, 4.69) is 0 Å². The van der Waals surface area contributed by atoms with Crippen LogP contribution in [0.5, 0.6) is 0 Å². The predicted octanol–water partition coefficient (Wildman–Crippen LogP) is 4.29. The van der Waals surface area contributed by atoms with Crippen LogP contribution in [-0.4, -0.2) is 31.6 Å². The summed E-state index contributed by atoms with van der Waals surface area (Å²) in [7, 11) is -3.61. The van der Waals surface area contributed by atoms with Crippen molar-refractivity contribution in [2.75, 3.05) is 13.1 Å². The van der Waals surface area contributed by atoms with E-state index in [0.717, 1.165) is 35.1 Å². The van der Waals surface area contributed by atoms with Crippen molar-refractivity contribution in [3.05, 3.63) is 88.0 Å². The lowest BCUT2D eigenvalue weighted by Gasteiger charge is -2.44. The van der Waals surface area contributed by atoms with Crippen molar-refractivity contribution < 1.29 is 13.2 Å². The molecule has 3 aliphatic rings. The summed E-state index contributed by atoms with van der Waals surface area (Å²) in [5.41, 5.74) is 5.66. The second-order valence-electron chi connectivity index (χ2n) is 8.37. The summed E-state index contributed by atoms with van der Waals surface area (Å²) in [6, 6.07) is 16.3. The minimum atomic E-state index is -3.61. The highest BCUT2D eigenvalue weighted by Crippen LogP contribution is 2.69. The number of hydrogen-bond donors (Lipinski definition) is 0. The minimum Gasteiger partial charge on any atom is -0.289 e. The molecule has 0 N–H and O–H groups in total. The van der Waals surface area contributed by atoms with E-state index in [9.17, 15) is 13.2 Å². The highest BCUT2D eigenvalue weighted by Gasteiger charge is 2.62. The molecule has 148 valence electrons. The van der Waals surface area contributed by atoms with Crippen LogP contribution in [0.2, 0.25) is 0 Å². The van der Waals surface area contributed by atoms with Gasteiger partial charge in [0.2, 0.25) is 10.0 Å². The normalized spacial score (nSPS) is 20.5. The number of carbonyl (C=O) groups is 1. The van der Waals surface area contributed by atoms with E-state index < -0.39 is 10.0 Å². The van der Waals surface area contributed by atoms with Crippen LogP contribution in [0.3, 0.4) is 0 Å². The molecule has 1 heterocycles. The first-order valence-corrected chi connectivity index (χ1v) is 11.4. The summed E-state index contributed by atoms with van der Waals surface area (Å²) in [5, 5.41) is 0. The quantitative estimate of drug-likeness (QED) is 0.713. The topological polar surface area (TPSA) is 54.5 Å². The van der Waals surface area contributed by atoms with Crippen LogP contribution in [0.1, 0.15) is 35.7 Å². The first-order valence-electron chi connectivity index (χ1n) is 9.95. The van der Waals surface area contributed by atoms with Gasteiger partial charge in [0.15, 0.2) is 5.78 Å². The van der Waals surface area contributed by atoms with Gasteiger partial charge < -0.3 is 0 Å². The number of benzene rings is 2. The summed E-state index contributed by atoms with van der Waals surface area (Å²) < 4.78 is 28.0. The van der Waals surface area contributed by atoms with E-state index in [1.54, 1.807) is 12.1 Å². The summed E-state index contributed by atoms with van der Waals surface area (Å²) in [4.78, 5) is 13.6. The molecule has 1 fully saturated rings. The van der Waals surface area contributed by atoms with E-state index >= 15 is 0 Å². The SMILES string of the molecule is CC1=C2C(=C(C(=O)c3ccccc3)C23CC3)CN(S(=O)(=O)c2ccc(C)cc2)C1. The van der Waals surface area contributed by atoms with Gasteiger partial charge >= 0.3 is 0 Å². The van der Waals surface area contributed by atoms with E-state index in [1.807, 2.05) is 56.3 Å². The second kappa shape index (κ2) is 6.25. The van der Waals surface area contributed by atoms with Crippen molar-refractivity contribution in [2.45, 2.75) is 31.6 Å². The van der Waals surface area contributed by atoms with Gasteiger partial charge in [0.05, 0.1) is 4.90 Å². The molecule has 0 amide bonds. The zero-order valence-corrected chi connectivity index (χ0v) is 17.4. The number of fused-ring (bicyclic) bond motifs is 2. The van der Waals surface area contributed by atoms with Gasteiger partial charge in [0.25, 0.3) is 0 Å². The monoisotopic (exact) mass is 405 g/mol. The third-order valence-electron chi connectivity index (χ3n) is 6.41. The lowest BCUT2D eigenvalue weighted by Crippen LogP contribution is -2.45. The van der Waals surface area contributed by atoms with Crippen molar-refractivity contribution in [2.24, 2.45) is 5.41 Å². The van der Waals surface area contributed by atoms with Crippen molar-refractivity contribution >= 4 is 15.8 Å². The van der Waals surface area contributed by atoms with E-state index in [0.29, 0.717) is 17.0 Å². The predicted molar refractivity (Wildman–Crippen MR) is 112 cm³/mol. The van der Waals surface area contributed by atoms with Crippen LogP contribution < -0.4 is 0 Å². The summed E-state index contributed by atoms with van der Waals surface area (Å²) in [6.45, 7) is 4.62. The highest BCUT2D eigenvalue weighted by molar-refractivity contribution is 7.89. The molecule has 0 saturated heterocycles. The summed E-state index contributed by atoms with van der Waals surface area (Å²) >= 11 is 0. The van der Waals surface area contributed by atoms with Crippen molar-refractivity contribution in [1.29, 1.82) is 0 Å². The molecule has 2 aliphatic carbocycles. The zero-order valence-electron chi connectivity index (χ0n) is 16.6. The standard InChI is InChI=1S/C24H23NO3S/c1-16-8-10-19(11-9-16)29(27,28)25-14-17(2)21-20(15-25)22(24(21)12-13-24)23(26)18-6-4-3-5-7-18/h3-11H,12-15H2,1-2H3. The van der Waals surface area contributed by atoms with E-state index in [4.69, 9.17) is 0 Å². The number of sulfonamides is 1. The Morgan fingerprint density at radius 2 is 1.59 bits per heavy atom. The maximum Gasteiger partial charge on any atom is 0.243 e. The Morgan fingerprint density at radius 1 is 0.931 bits per heavy atom. The number of hydrogen-bond acceptors (Lipinski definition) is 3. The van der Waals surface area contributed by atoms with E-state index in [1.165, 1.54) is 9.88 Å². The fraction of sp³-hybridized carbons (Fsp3) is 0.292. The molecule has 2 aromatic rings. The van der Waals surface area contributed by atoms with Crippen LogP contribution >= 0.6 is 0 Å². The zero-order chi connectivity index (χ0) is 20.4. The molecule has 29 heavy (non-hydrogen) atoms. The van der Waals surface area contributed by atoms with Gasteiger partial charge in [-0.05, 0) is 50.0 Å². The summed E-state index contributed by atoms with van der Waals surface area (Å²) in [5.74, 6) is 0.0456. The molecule has 0 bridgehead atoms. The smallest absolute Gasteiger partial charge is 0.243 e. The number of aryl methyl sites for hydroxylation is 1. The van der Waals surface area contributed by atoms with Gasteiger partial charge in [0.1, 0.15) is 0 Å². The Labute approximate surface area is 171 Å². The largest absolute Gasteiger partial charge is 0.289 e. The maximum absolute atomic E-state index is 13.3. The Hall–Kier alpha value is -2.50. The average molecular weight is 406 g/mol. The molecule has 1 aliphatic heterocycles. The number of Topliss-reactive ketones (excluding diaryl/α,β-unsaturated/α-hetero) is 1. The highest BCUT2D eigenvalue weighted by atomic mass is 32.2. The summed E-state index contributed by atoms with van der Waals surface area (Å²) in [6.07, 6.45) is 1.98. The molecule has 0 atom stereocenters. The van der Waals surface area contributed by atoms with Crippen LogP contribution in [0.25, 0.3) is 0 Å². The van der Waals surface area contributed by atoms with Gasteiger partial charge in [-0.2, -0.15) is 4.31 Å². The first-order chi connectivity index (χ1) is 13.8. The lowest BCUT2D eigenvalue weighted by molar-refractivity contribution is 0.101. The third kappa shape index (κ3) is 2.68. The number of nitrogens with zero attached hydrogens (tertiary/aromatic N) is 1. The van der Waals surface area contributed by atoms with Gasteiger partial charge in [-0.15, -0.1) is 0 Å². The molecule has 0 unspecified atom stereocenters. The Morgan fingerprint density at radius 3 is 2.21 bits per heavy atom. The molecule has 2 aromatic carbocycles. The van der Waals surface area contributed by atoms with Gasteiger partial charge in [-0.3, -0.25) is 4.79 Å². The number of ketones is 1. The molecule has 0 aromatic heterocycles. The molecular formula is C24H23NO3S. The Balaban J connectivity index is 1.55. The maximum atomic E-state index is 13.3. The average Bonchev–Trinajstić information content (AvgIpc) is 3.51. The van der Waals surface area contributed by atoms with Crippen LogP contribution in [-0.2, 0) is 10.0 Å². The molecule has 4 nitrogen and oxygen atoms in total. The molecule has 5 heteroatoms. The van der Waals surface area contributed by atoms with Crippen LogP contribution in [0.15, 0.2) is 81.8 Å². The van der Waals surface area contributed by atoms with Crippen LogP contribution in [0, 0.1) is 12.3 Å². The molecule has 0 radical (unpaired) electrons. The van der Waals surface area contributed by atoms with Crippen molar-refractivity contribution in [1.82, 2.24) is 4.31 Å². The van der Waals surface area contributed by atoms with Crippen LogP contribution in [0.4, 0.5) is 0 Å².